The third-order valence-corrected chi connectivity index (χ3v) is 2.36. The number of aromatic carboxylic acids is 1. The highest BCUT2D eigenvalue weighted by molar-refractivity contribution is 5.87. The van der Waals surface area contributed by atoms with Crippen LogP contribution in [-0.2, 0) is 0 Å². The molecular weight excluding hydrogens is 228 g/mol. The van der Waals surface area contributed by atoms with E-state index in [0.717, 1.165) is 24.5 Å². The second kappa shape index (κ2) is 6.33. The first-order valence-corrected chi connectivity index (χ1v) is 5.05. The van der Waals surface area contributed by atoms with E-state index in [1.807, 2.05) is 6.92 Å². The first kappa shape index (κ1) is 14.7. The van der Waals surface area contributed by atoms with Gasteiger partial charge in [0, 0.05) is 19.3 Å². The van der Waals surface area contributed by atoms with Crippen molar-refractivity contribution in [3.05, 3.63) is 23.4 Å². The lowest BCUT2D eigenvalue weighted by atomic mass is 10.2. The summed E-state index contributed by atoms with van der Waals surface area (Å²) >= 11 is 0. The largest absolute Gasteiger partial charge is 0.478 e. The summed E-state index contributed by atoms with van der Waals surface area (Å²) in [6, 6.07) is 1.66. The highest BCUT2D eigenvalue weighted by atomic mass is 35.5. The van der Waals surface area contributed by atoms with Crippen LogP contribution in [0.2, 0.25) is 0 Å². The molecule has 0 aliphatic heterocycles. The molecule has 0 radical (unpaired) electrons. The zero-order valence-corrected chi connectivity index (χ0v) is 10.5. The van der Waals surface area contributed by atoms with Gasteiger partial charge in [-0.25, -0.2) is 9.78 Å². The van der Waals surface area contributed by atoms with Gasteiger partial charge in [-0.3, -0.25) is 0 Å². The Bertz CT molecular complexity index is 365. The predicted octanol–water partition coefficient (Wildman–Crippen LogP) is 2.36. The van der Waals surface area contributed by atoms with Gasteiger partial charge in [0.15, 0.2) is 0 Å². The molecule has 0 aliphatic rings. The standard InChI is InChI=1S/C11H16N2O2.ClH/c1-4-13(5-2)10-8(3)6-9(7-12-10)11(14)15;/h6-7H,4-5H2,1-3H3,(H,14,15);1H. The normalized spacial score (nSPS) is 9.44. The van der Waals surface area contributed by atoms with E-state index >= 15 is 0 Å². The topological polar surface area (TPSA) is 53.4 Å². The average Bonchev–Trinajstić information content (AvgIpc) is 2.21. The molecule has 90 valence electrons. The molecule has 0 unspecified atom stereocenters. The van der Waals surface area contributed by atoms with Crippen LogP contribution in [0.25, 0.3) is 0 Å². The van der Waals surface area contributed by atoms with Gasteiger partial charge in [-0.2, -0.15) is 0 Å². The summed E-state index contributed by atoms with van der Waals surface area (Å²) in [7, 11) is 0. The molecule has 0 saturated heterocycles. The number of carbonyl (C=O) groups is 1. The van der Waals surface area contributed by atoms with Gasteiger partial charge < -0.3 is 10.0 Å². The fraction of sp³-hybridized carbons (Fsp3) is 0.455. The van der Waals surface area contributed by atoms with Crippen LogP contribution >= 0.6 is 12.4 Å². The minimum absolute atomic E-state index is 0. The zero-order chi connectivity index (χ0) is 11.4. The van der Waals surface area contributed by atoms with Gasteiger partial charge in [-0.05, 0) is 32.4 Å². The smallest absolute Gasteiger partial charge is 0.337 e. The first-order valence-electron chi connectivity index (χ1n) is 5.05. The summed E-state index contributed by atoms with van der Waals surface area (Å²) in [5.74, 6) is -0.0679. The number of rotatable bonds is 4. The predicted molar refractivity (Wildman–Crippen MR) is 66.7 cm³/mol. The Hall–Kier alpha value is -1.29. The summed E-state index contributed by atoms with van der Waals surface area (Å²) in [6.45, 7) is 7.73. The van der Waals surface area contributed by atoms with Crippen molar-refractivity contribution in [3.63, 3.8) is 0 Å². The number of hydrogen-bond donors (Lipinski definition) is 1. The van der Waals surface area contributed by atoms with Crippen molar-refractivity contribution in [2.24, 2.45) is 0 Å². The van der Waals surface area contributed by atoms with Gasteiger partial charge in [0.1, 0.15) is 5.82 Å². The van der Waals surface area contributed by atoms with Crippen molar-refractivity contribution >= 4 is 24.2 Å². The molecule has 1 rings (SSSR count). The monoisotopic (exact) mass is 244 g/mol. The van der Waals surface area contributed by atoms with Crippen molar-refractivity contribution in [1.29, 1.82) is 0 Å². The summed E-state index contributed by atoms with van der Waals surface area (Å²) in [5, 5.41) is 8.80. The van der Waals surface area contributed by atoms with Gasteiger partial charge in [0.25, 0.3) is 0 Å². The van der Waals surface area contributed by atoms with E-state index in [1.165, 1.54) is 6.20 Å². The molecule has 4 nitrogen and oxygen atoms in total. The molecule has 0 aliphatic carbocycles. The Morgan fingerprint density at radius 1 is 1.44 bits per heavy atom. The number of aromatic nitrogens is 1. The number of carboxylic acid groups (broad SMARTS) is 1. The van der Waals surface area contributed by atoms with E-state index in [2.05, 4.69) is 23.7 Å². The van der Waals surface area contributed by atoms with E-state index in [4.69, 9.17) is 5.11 Å². The Morgan fingerprint density at radius 2 is 2.00 bits per heavy atom. The van der Waals surface area contributed by atoms with Gasteiger partial charge in [-0.15, -0.1) is 12.4 Å². The lowest BCUT2D eigenvalue weighted by molar-refractivity contribution is 0.0696. The maximum Gasteiger partial charge on any atom is 0.337 e. The van der Waals surface area contributed by atoms with Crippen LogP contribution in [0.5, 0.6) is 0 Å². The molecule has 1 heterocycles. The molecule has 1 N–H and O–H groups in total. The number of anilines is 1. The third kappa shape index (κ3) is 3.10. The number of aryl methyl sites for hydroxylation is 1. The maximum atomic E-state index is 10.7. The summed E-state index contributed by atoms with van der Waals surface area (Å²) in [4.78, 5) is 17.0. The number of carboxylic acids is 1. The molecule has 0 atom stereocenters. The molecule has 0 bridgehead atoms. The highest BCUT2D eigenvalue weighted by Crippen LogP contribution is 2.17. The van der Waals surface area contributed by atoms with E-state index in [0.29, 0.717) is 0 Å². The van der Waals surface area contributed by atoms with E-state index < -0.39 is 5.97 Å². The second-order valence-electron chi connectivity index (χ2n) is 3.34. The van der Waals surface area contributed by atoms with Crippen LogP contribution in [0.3, 0.4) is 0 Å². The molecule has 1 aromatic heterocycles. The molecule has 0 aromatic carbocycles. The van der Waals surface area contributed by atoms with Crippen LogP contribution in [0.4, 0.5) is 5.82 Å². The zero-order valence-electron chi connectivity index (χ0n) is 9.73. The average molecular weight is 245 g/mol. The third-order valence-electron chi connectivity index (χ3n) is 2.36. The van der Waals surface area contributed by atoms with Gasteiger partial charge in [-0.1, -0.05) is 0 Å². The number of nitrogens with zero attached hydrogens (tertiary/aromatic N) is 2. The molecule has 0 saturated carbocycles. The Morgan fingerprint density at radius 3 is 2.38 bits per heavy atom. The summed E-state index contributed by atoms with van der Waals surface area (Å²) in [6.07, 6.45) is 1.41. The van der Waals surface area contributed by atoms with Gasteiger partial charge in [0.05, 0.1) is 5.56 Å². The minimum atomic E-state index is -0.934. The van der Waals surface area contributed by atoms with E-state index in [1.54, 1.807) is 6.07 Å². The maximum absolute atomic E-state index is 10.7. The minimum Gasteiger partial charge on any atom is -0.478 e. The number of hydrogen-bond acceptors (Lipinski definition) is 3. The van der Waals surface area contributed by atoms with Crippen molar-refractivity contribution in [2.75, 3.05) is 18.0 Å². The highest BCUT2D eigenvalue weighted by Gasteiger charge is 2.10. The molecule has 1 aromatic rings. The summed E-state index contributed by atoms with van der Waals surface area (Å²) < 4.78 is 0. The Kier molecular flexibility index (Phi) is 5.82. The van der Waals surface area contributed by atoms with Crippen LogP contribution < -0.4 is 4.90 Å². The fourth-order valence-electron chi connectivity index (χ4n) is 1.54. The lowest BCUT2D eigenvalue weighted by Gasteiger charge is -2.21. The van der Waals surface area contributed by atoms with Gasteiger partial charge >= 0.3 is 5.97 Å². The van der Waals surface area contributed by atoms with Crippen LogP contribution in [0.15, 0.2) is 12.3 Å². The van der Waals surface area contributed by atoms with Crippen molar-refractivity contribution in [2.45, 2.75) is 20.8 Å². The Balaban J connectivity index is 0.00000225. The lowest BCUT2D eigenvalue weighted by Crippen LogP contribution is -2.24. The van der Waals surface area contributed by atoms with Crippen molar-refractivity contribution < 1.29 is 9.90 Å². The molecule has 0 fully saturated rings. The molecule has 0 amide bonds. The van der Waals surface area contributed by atoms with Crippen LogP contribution in [-0.4, -0.2) is 29.1 Å². The molecular formula is C11H17ClN2O2. The second-order valence-corrected chi connectivity index (χ2v) is 3.34. The van der Waals surface area contributed by atoms with E-state index in [9.17, 15) is 4.79 Å². The SMILES string of the molecule is CCN(CC)c1ncc(C(=O)O)cc1C.Cl. The first-order chi connectivity index (χ1) is 7.10. The van der Waals surface area contributed by atoms with Crippen molar-refractivity contribution in [1.82, 2.24) is 4.98 Å². The quantitative estimate of drug-likeness (QED) is 0.884. The number of halogens is 1. The van der Waals surface area contributed by atoms with Crippen LogP contribution in [0, 0.1) is 6.92 Å². The number of pyridine rings is 1. The van der Waals surface area contributed by atoms with E-state index in [-0.39, 0.29) is 18.0 Å². The molecule has 0 spiro atoms. The van der Waals surface area contributed by atoms with Crippen molar-refractivity contribution in [3.8, 4) is 0 Å². The Labute approximate surface area is 102 Å². The van der Waals surface area contributed by atoms with Crippen LogP contribution in [0.1, 0.15) is 29.8 Å². The fourth-order valence-corrected chi connectivity index (χ4v) is 1.54. The van der Waals surface area contributed by atoms with Gasteiger partial charge in [0.2, 0.25) is 0 Å². The molecule has 16 heavy (non-hydrogen) atoms. The molecule has 5 heteroatoms. The summed E-state index contributed by atoms with van der Waals surface area (Å²) in [5.41, 5.74) is 1.14.